The first kappa shape index (κ1) is 11.3. The predicted octanol–water partition coefficient (Wildman–Crippen LogP) is 2.17. The van der Waals surface area contributed by atoms with E-state index in [1.165, 1.54) is 0 Å². The fraction of sp³-hybridized carbons (Fsp3) is 0.400. The molecular weight excluding hydrogens is 192 g/mol. The molecule has 0 saturated heterocycles. The van der Waals surface area contributed by atoms with Gasteiger partial charge in [-0.05, 0) is 13.6 Å². The molecule has 0 aliphatic heterocycles. The van der Waals surface area contributed by atoms with Crippen LogP contribution in [0.3, 0.4) is 0 Å². The Balaban J connectivity index is 2.98. The molecule has 1 heterocycles. The van der Waals surface area contributed by atoms with Crippen LogP contribution in [0.1, 0.15) is 38.4 Å². The third-order valence-electron chi connectivity index (χ3n) is 1.63. The second-order valence-corrected chi connectivity index (χ2v) is 3.20. The Kier molecular flexibility index (Phi) is 3.91. The largest absolute Gasteiger partial charge is 0.339 e. The van der Waals surface area contributed by atoms with E-state index in [1.54, 1.807) is 12.3 Å². The van der Waals surface area contributed by atoms with Crippen LogP contribution < -0.4 is 0 Å². The summed E-state index contributed by atoms with van der Waals surface area (Å²) in [5.41, 5.74) is 0. The number of aliphatic imine (C=N–C) groups is 2. The van der Waals surface area contributed by atoms with Gasteiger partial charge in [0, 0.05) is 12.1 Å². The van der Waals surface area contributed by atoms with Crippen molar-refractivity contribution in [3.63, 3.8) is 0 Å². The monoisotopic (exact) mass is 206 g/mol. The number of nitrogens with zero attached hydrogens (tertiary/aromatic N) is 4. The van der Waals surface area contributed by atoms with Crippen LogP contribution >= 0.6 is 0 Å². The molecule has 0 atom stereocenters. The molecule has 0 radical (unpaired) electrons. The van der Waals surface area contributed by atoms with Gasteiger partial charge in [0.1, 0.15) is 0 Å². The molecule has 0 bridgehead atoms. The second-order valence-electron chi connectivity index (χ2n) is 3.20. The fourth-order valence-electron chi connectivity index (χ4n) is 0.875. The summed E-state index contributed by atoms with van der Waals surface area (Å²) in [6.07, 6.45) is 3.39. The Morgan fingerprint density at radius 2 is 2.27 bits per heavy atom. The number of hydrogen-bond acceptors (Lipinski definition) is 4. The zero-order valence-corrected chi connectivity index (χ0v) is 9.14. The third kappa shape index (κ3) is 2.83. The van der Waals surface area contributed by atoms with E-state index in [1.807, 2.05) is 20.8 Å². The summed E-state index contributed by atoms with van der Waals surface area (Å²) < 4.78 is 5.04. The van der Waals surface area contributed by atoms with Gasteiger partial charge in [0.05, 0.1) is 0 Å². The third-order valence-corrected chi connectivity index (χ3v) is 1.63. The topological polar surface area (TPSA) is 63.6 Å². The van der Waals surface area contributed by atoms with E-state index in [2.05, 4.69) is 26.8 Å². The minimum absolute atomic E-state index is 0.194. The average Bonchev–Trinajstić information content (AvgIpc) is 2.68. The number of rotatable bonds is 3. The summed E-state index contributed by atoms with van der Waals surface area (Å²) >= 11 is 0. The lowest BCUT2D eigenvalue weighted by Gasteiger charge is -1.92. The number of hydrogen-bond donors (Lipinski definition) is 0. The van der Waals surface area contributed by atoms with E-state index in [-0.39, 0.29) is 5.92 Å². The van der Waals surface area contributed by atoms with Gasteiger partial charge in [0.2, 0.25) is 17.6 Å². The summed E-state index contributed by atoms with van der Waals surface area (Å²) in [7, 11) is 0. The summed E-state index contributed by atoms with van der Waals surface area (Å²) in [6.45, 7) is 9.22. The van der Waals surface area contributed by atoms with Crippen molar-refractivity contribution in [2.24, 2.45) is 9.98 Å². The minimum Gasteiger partial charge on any atom is -0.339 e. The van der Waals surface area contributed by atoms with E-state index in [9.17, 15) is 0 Å². The molecule has 0 unspecified atom stereocenters. The van der Waals surface area contributed by atoms with Crippen molar-refractivity contribution < 1.29 is 4.52 Å². The van der Waals surface area contributed by atoms with Gasteiger partial charge in [0.25, 0.3) is 0 Å². The van der Waals surface area contributed by atoms with Gasteiger partial charge >= 0.3 is 0 Å². The Morgan fingerprint density at radius 1 is 1.53 bits per heavy atom. The Bertz CT molecular complexity index is 390. The fourth-order valence-corrected chi connectivity index (χ4v) is 0.875. The first-order valence-corrected chi connectivity index (χ1v) is 4.68. The lowest BCUT2D eigenvalue weighted by atomic mass is 10.2. The quantitative estimate of drug-likeness (QED) is 0.562. The SMILES string of the molecule is C=N/C(=N\C=C/C)c1noc(C(C)C)n1. The Labute approximate surface area is 88.6 Å². The molecule has 1 aromatic rings. The second kappa shape index (κ2) is 5.19. The molecule has 5 nitrogen and oxygen atoms in total. The Morgan fingerprint density at radius 3 is 2.73 bits per heavy atom. The molecule has 0 aromatic carbocycles. The van der Waals surface area contributed by atoms with Gasteiger partial charge < -0.3 is 4.52 Å². The number of allylic oxidation sites excluding steroid dienone is 1. The van der Waals surface area contributed by atoms with E-state index in [4.69, 9.17) is 4.52 Å². The summed E-state index contributed by atoms with van der Waals surface area (Å²) in [6, 6.07) is 0. The van der Waals surface area contributed by atoms with Crippen molar-refractivity contribution >= 4 is 12.6 Å². The molecule has 0 spiro atoms. The van der Waals surface area contributed by atoms with Crippen LogP contribution in [0.5, 0.6) is 0 Å². The van der Waals surface area contributed by atoms with Crippen molar-refractivity contribution in [2.45, 2.75) is 26.7 Å². The molecule has 0 amide bonds. The van der Waals surface area contributed by atoms with Crippen molar-refractivity contribution in [1.82, 2.24) is 10.1 Å². The summed E-state index contributed by atoms with van der Waals surface area (Å²) in [4.78, 5) is 11.9. The zero-order chi connectivity index (χ0) is 11.3. The highest BCUT2D eigenvalue weighted by Crippen LogP contribution is 2.11. The summed E-state index contributed by atoms with van der Waals surface area (Å²) in [5.74, 6) is 1.50. The molecular formula is C10H14N4O. The molecule has 1 aromatic heterocycles. The molecule has 5 heteroatoms. The standard InChI is InChI=1S/C10H14N4O/c1-5-6-12-8(11-4)9-13-10(7(2)3)15-14-9/h5-7H,4H2,1-3H3/b6-5-,12-8-. The summed E-state index contributed by atoms with van der Waals surface area (Å²) in [5, 5.41) is 3.78. The van der Waals surface area contributed by atoms with Crippen LogP contribution in [-0.4, -0.2) is 22.7 Å². The Hall–Kier alpha value is -1.78. The van der Waals surface area contributed by atoms with Crippen LogP contribution in [0.15, 0.2) is 26.8 Å². The smallest absolute Gasteiger partial charge is 0.240 e. The molecule has 0 aliphatic rings. The van der Waals surface area contributed by atoms with Gasteiger partial charge in [-0.1, -0.05) is 25.1 Å². The molecule has 15 heavy (non-hydrogen) atoms. The van der Waals surface area contributed by atoms with Crippen LogP contribution in [0.2, 0.25) is 0 Å². The van der Waals surface area contributed by atoms with Crippen molar-refractivity contribution in [3.8, 4) is 0 Å². The van der Waals surface area contributed by atoms with E-state index in [0.29, 0.717) is 17.6 Å². The van der Waals surface area contributed by atoms with Gasteiger partial charge in [-0.25, -0.2) is 9.98 Å². The van der Waals surface area contributed by atoms with Gasteiger partial charge in [-0.15, -0.1) is 0 Å². The molecule has 0 aliphatic carbocycles. The molecule has 0 fully saturated rings. The van der Waals surface area contributed by atoms with Gasteiger partial charge in [0.15, 0.2) is 0 Å². The molecule has 0 saturated carbocycles. The van der Waals surface area contributed by atoms with E-state index >= 15 is 0 Å². The van der Waals surface area contributed by atoms with Crippen molar-refractivity contribution in [2.75, 3.05) is 0 Å². The van der Waals surface area contributed by atoms with Crippen molar-refractivity contribution in [3.05, 3.63) is 24.0 Å². The first-order valence-electron chi connectivity index (χ1n) is 4.68. The van der Waals surface area contributed by atoms with E-state index < -0.39 is 0 Å². The van der Waals surface area contributed by atoms with Crippen LogP contribution in [-0.2, 0) is 0 Å². The van der Waals surface area contributed by atoms with Gasteiger partial charge in [-0.2, -0.15) is 4.98 Å². The van der Waals surface area contributed by atoms with Gasteiger partial charge in [-0.3, -0.25) is 0 Å². The van der Waals surface area contributed by atoms with E-state index in [0.717, 1.165) is 0 Å². The first-order chi connectivity index (χ1) is 7.19. The maximum absolute atomic E-state index is 5.04. The van der Waals surface area contributed by atoms with Crippen LogP contribution in [0, 0.1) is 0 Å². The maximum atomic E-state index is 5.04. The lowest BCUT2D eigenvalue weighted by molar-refractivity contribution is 0.364. The highest BCUT2D eigenvalue weighted by Gasteiger charge is 2.13. The minimum atomic E-state index is 0.194. The van der Waals surface area contributed by atoms with Crippen molar-refractivity contribution in [1.29, 1.82) is 0 Å². The average molecular weight is 206 g/mol. The normalized spacial score (nSPS) is 12.7. The van der Waals surface area contributed by atoms with Crippen LogP contribution in [0.25, 0.3) is 0 Å². The zero-order valence-electron chi connectivity index (χ0n) is 9.14. The van der Waals surface area contributed by atoms with Crippen LogP contribution in [0.4, 0.5) is 0 Å². The molecule has 1 rings (SSSR count). The number of aromatic nitrogens is 2. The number of amidine groups is 1. The predicted molar refractivity (Wildman–Crippen MR) is 59.3 cm³/mol. The highest BCUT2D eigenvalue weighted by molar-refractivity contribution is 5.98. The molecule has 0 N–H and O–H groups in total. The highest BCUT2D eigenvalue weighted by atomic mass is 16.5. The molecule has 80 valence electrons. The lowest BCUT2D eigenvalue weighted by Crippen LogP contribution is -1.99. The maximum Gasteiger partial charge on any atom is 0.240 e.